The number of amides is 1. The van der Waals surface area contributed by atoms with Gasteiger partial charge in [0, 0.05) is 30.3 Å². The van der Waals surface area contributed by atoms with Crippen LogP contribution in [0.1, 0.15) is 36.5 Å². The highest BCUT2D eigenvalue weighted by Crippen LogP contribution is 2.23. The van der Waals surface area contributed by atoms with Crippen molar-refractivity contribution >= 4 is 11.6 Å². The molecule has 1 aromatic rings. The minimum absolute atomic E-state index is 0.00532. The standard InChI is InChI=1S/C14H18FN3O3/c1-9(16)13-4-2-3-5-17(13)14(19)10-6-11(15)8-12(7-10)18(20)21/h6-9,13H,2-5,16H2,1H3. The highest BCUT2D eigenvalue weighted by molar-refractivity contribution is 5.95. The van der Waals surface area contributed by atoms with Crippen molar-refractivity contribution in [2.75, 3.05) is 6.54 Å². The van der Waals surface area contributed by atoms with Gasteiger partial charge in [0.2, 0.25) is 0 Å². The summed E-state index contributed by atoms with van der Waals surface area (Å²) in [5, 5.41) is 10.8. The van der Waals surface area contributed by atoms with Gasteiger partial charge in [-0.3, -0.25) is 14.9 Å². The zero-order valence-corrected chi connectivity index (χ0v) is 11.8. The quantitative estimate of drug-likeness (QED) is 0.683. The van der Waals surface area contributed by atoms with Gasteiger partial charge in [0.15, 0.2) is 0 Å². The number of hydrogen-bond acceptors (Lipinski definition) is 4. The Balaban J connectivity index is 2.32. The molecule has 1 fully saturated rings. The topological polar surface area (TPSA) is 89.5 Å². The Morgan fingerprint density at radius 3 is 2.81 bits per heavy atom. The molecule has 2 N–H and O–H groups in total. The van der Waals surface area contributed by atoms with E-state index in [1.165, 1.54) is 0 Å². The molecular formula is C14H18FN3O3. The smallest absolute Gasteiger partial charge is 0.273 e. The summed E-state index contributed by atoms with van der Waals surface area (Å²) in [6, 6.07) is 2.63. The minimum atomic E-state index is -0.790. The molecule has 1 saturated heterocycles. The first kappa shape index (κ1) is 15.4. The summed E-state index contributed by atoms with van der Waals surface area (Å²) in [6.07, 6.45) is 2.63. The molecule has 0 aromatic heterocycles. The number of non-ortho nitro benzene ring substituents is 1. The molecule has 1 aliphatic heterocycles. The van der Waals surface area contributed by atoms with E-state index in [-0.39, 0.29) is 17.6 Å². The van der Waals surface area contributed by atoms with Crippen LogP contribution in [-0.2, 0) is 0 Å². The molecule has 1 heterocycles. The molecule has 2 rings (SSSR count). The van der Waals surface area contributed by atoms with Gasteiger partial charge in [-0.15, -0.1) is 0 Å². The molecule has 6 nitrogen and oxygen atoms in total. The molecular weight excluding hydrogens is 277 g/mol. The van der Waals surface area contributed by atoms with Crippen LogP contribution in [-0.4, -0.2) is 34.4 Å². The van der Waals surface area contributed by atoms with Crippen molar-refractivity contribution in [3.05, 3.63) is 39.7 Å². The Bertz CT molecular complexity index is 562. The van der Waals surface area contributed by atoms with Gasteiger partial charge in [0.25, 0.3) is 11.6 Å². The van der Waals surface area contributed by atoms with E-state index in [2.05, 4.69) is 0 Å². The fourth-order valence-electron chi connectivity index (χ4n) is 2.73. The van der Waals surface area contributed by atoms with Crippen LogP contribution in [0.3, 0.4) is 0 Å². The number of rotatable bonds is 3. The number of halogens is 1. The highest BCUT2D eigenvalue weighted by Gasteiger charge is 2.30. The number of likely N-dealkylation sites (tertiary alicyclic amines) is 1. The van der Waals surface area contributed by atoms with Gasteiger partial charge in [0.1, 0.15) is 5.82 Å². The average molecular weight is 295 g/mol. The van der Waals surface area contributed by atoms with Crippen molar-refractivity contribution < 1.29 is 14.1 Å². The van der Waals surface area contributed by atoms with Crippen molar-refractivity contribution in [2.24, 2.45) is 5.73 Å². The second-order valence-corrected chi connectivity index (χ2v) is 5.38. The first-order valence-electron chi connectivity index (χ1n) is 6.91. The van der Waals surface area contributed by atoms with E-state index < -0.39 is 22.3 Å². The molecule has 1 aliphatic rings. The van der Waals surface area contributed by atoms with Gasteiger partial charge >= 0.3 is 0 Å². The van der Waals surface area contributed by atoms with E-state index in [9.17, 15) is 19.3 Å². The second-order valence-electron chi connectivity index (χ2n) is 5.38. The number of nitro benzene ring substituents is 1. The third kappa shape index (κ3) is 3.36. The Morgan fingerprint density at radius 1 is 1.48 bits per heavy atom. The molecule has 2 unspecified atom stereocenters. The predicted octanol–water partition coefficient (Wildman–Crippen LogP) is 2.08. The van der Waals surface area contributed by atoms with Crippen LogP contribution in [0, 0.1) is 15.9 Å². The summed E-state index contributed by atoms with van der Waals surface area (Å²) in [5.41, 5.74) is 5.48. The first-order chi connectivity index (χ1) is 9.90. The zero-order chi connectivity index (χ0) is 15.6. The van der Waals surface area contributed by atoms with Crippen LogP contribution in [0.5, 0.6) is 0 Å². The largest absolute Gasteiger partial charge is 0.334 e. The van der Waals surface area contributed by atoms with Crippen LogP contribution < -0.4 is 5.73 Å². The summed E-state index contributed by atoms with van der Waals surface area (Å²) in [4.78, 5) is 24.2. The average Bonchev–Trinajstić information content (AvgIpc) is 2.45. The summed E-state index contributed by atoms with van der Waals surface area (Å²) in [5.74, 6) is -1.19. The van der Waals surface area contributed by atoms with Gasteiger partial charge in [-0.1, -0.05) is 0 Å². The summed E-state index contributed by atoms with van der Waals surface area (Å²) in [6.45, 7) is 2.36. The minimum Gasteiger partial charge on any atom is -0.334 e. The molecule has 0 spiro atoms. The number of benzene rings is 1. The lowest BCUT2D eigenvalue weighted by molar-refractivity contribution is -0.385. The van der Waals surface area contributed by atoms with E-state index >= 15 is 0 Å². The van der Waals surface area contributed by atoms with Crippen LogP contribution in [0.15, 0.2) is 18.2 Å². The molecule has 0 aliphatic carbocycles. The van der Waals surface area contributed by atoms with Crippen molar-refractivity contribution in [1.29, 1.82) is 0 Å². The molecule has 21 heavy (non-hydrogen) atoms. The van der Waals surface area contributed by atoms with E-state index in [0.717, 1.165) is 37.5 Å². The zero-order valence-electron chi connectivity index (χ0n) is 11.8. The number of nitrogens with two attached hydrogens (primary N) is 1. The van der Waals surface area contributed by atoms with Gasteiger partial charge in [-0.05, 0) is 32.3 Å². The van der Waals surface area contributed by atoms with Crippen LogP contribution in [0.25, 0.3) is 0 Å². The Labute approximate surface area is 121 Å². The van der Waals surface area contributed by atoms with Gasteiger partial charge in [0.05, 0.1) is 11.0 Å². The van der Waals surface area contributed by atoms with Crippen molar-refractivity contribution in [1.82, 2.24) is 4.90 Å². The molecule has 0 bridgehead atoms. The number of nitro groups is 1. The number of carbonyl (C=O) groups excluding carboxylic acids is 1. The van der Waals surface area contributed by atoms with Crippen molar-refractivity contribution in [2.45, 2.75) is 38.3 Å². The fraction of sp³-hybridized carbons (Fsp3) is 0.500. The maximum atomic E-state index is 13.5. The van der Waals surface area contributed by atoms with E-state index in [0.29, 0.717) is 6.54 Å². The normalized spacial score (nSPS) is 20.1. The fourth-order valence-corrected chi connectivity index (χ4v) is 2.73. The lowest BCUT2D eigenvalue weighted by Gasteiger charge is -2.38. The lowest BCUT2D eigenvalue weighted by atomic mass is 9.96. The summed E-state index contributed by atoms with van der Waals surface area (Å²) >= 11 is 0. The third-order valence-corrected chi connectivity index (χ3v) is 3.76. The number of hydrogen-bond donors (Lipinski definition) is 1. The van der Waals surface area contributed by atoms with E-state index in [1.54, 1.807) is 4.90 Å². The van der Waals surface area contributed by atoms with Gasteiger partial charge < -0.3 is 10.6 Å². The maximum absolute atomic E-state index is 13.5. The molecule has 0 saturated carbocycles. The van der Waals surface area contributed by atoms with Crippen molar-refractivity contribution in [3.8, 4) is 0 Å². The summed E-state index contributed by atoms with van der Waals surface area (Å²) in [7, 11) is 0. The predicted molar refractivity (Wildman–Crippen MR) is 75.4 cm³/mol. The van der Waals surface area contributed by atoms with Gasteiger partial charge in [-0.2, -0.15) is 0 Å². The highest BCUT2D eigenvalue weighted by atomic mass is 19.1. The third-order valence-electron chi connectivity index (χ3n) is 3.76. The Morgan fingerprint density at radius 2 is 2.19 bits per heavy atom. The Kier molecular flexibility index (Phi) is 4.52. The van der Waals surface area contributed by atoms with Crippen LogP contribution >= 0.6 is 0 Å². The Hall–Kier alpha value is -2.02. The SMILES string of the molecule is CC(N)C1CCCCN1C(=O)c1cc(F)cc([N+](=O)[O-])c1. The molecule has 1 amide bonds. The van der Waals surface area contributed by atoms with Crippen LogP contribution in [0.2, 0.25) is 0 Å². The number of piperidine rings is 1. The van der Waals surface area contributed by atoms with Gasteiger partial charge in [-0.25, -0.2) is 4.39 Å². The summed E-state index contributed by atoms with van der Waals surface area (Å²) < 4.78 is 13.5. The van der Waals surface area contributed by atoms with E-state index in [1.807, 2.05) is 6.92 Å². The second kappa shape index (κ2) is 6.17. The first-order valence-corrected chi connectivity index (χ1v) is 6.91. The molecule has 7 heteroatoms. The lowest BCUT2D eigenvalue weighted by Crippen LogP contribution is -2.51. The van der Waals surface area contributed by atoms with Crippen molar-refractivity contribution in [3.63, 3.8) is 0 Å². The molecule has 1 aromatic carbocycles. The molecule has 114 valence electrons. The molecule has 0 radical (unpaired) electrons. The maximum Gasteiger partial charge on any atom is 0.273 e. The molecule has 2 atom stereocenters. The van der Waals surface area contributed by atoms with Crippen LogP contribution in [0.4, 0.5) is 10.1 Å². The monoisotopic (exact) mass is 295 g/mol. The van der Waals surface area contributed by atoms with E-state index in [4.69, 9.17) is 5.73 Å². The number of nitrogens with zero attached hydrogens (tertiary/aromatic N) is 2. The number of carbonyl (C=O) groups is 1.